The van der Waals surface area contributed by atoms with Crippen LogP contribution in [0.25, 0.3) is 0 Å². The van der Waals surface area contributed by atoms with Crippen molar-refractivity contribution in [2.75, 3.05) is 24.5 Å². The molecule has 0 aliphatic carbocycles. The summed E-state index contributed by atoms with van der Waals surface area (Å²) in [5.74, 6) is -0.141. The summed E-state index contributed by atoms with van der Waals surface area (Å²) in [6, 6.07) is 8.28. The monoisotopic (exact) mass is 329 g/mol. The standard InChI is InChI=1S/C19H27N3O2/c1-13(2)14-3-5-16(6-4-14)22-12-9-17(19(22)24)18(23)21-10-7-15(20)8-11-21/h3-6,13,15,17H,7-12,20H2,1-2H3. The van der Waals surface area contributed by atoms with Crippen LogP contribution in [0.3, 0.4) is 0 Å². The van der Waals surface area contributed by atoms with E-state index in [4.69, 9.17) is 5.73 Å². The Morgan fingerprint density at radius 1 is 1.08 bits per heavy atom. The maximum atomic E-state index is 12.7. The van der Waals surface area contributed by atoms with Crippen molar-refractivity contribution >= 4 is 17.5 Å². The van der Waals surface area contributed by atoms with Crippen LogP contribution in [0, 0.1) is 5.92 Å². The lowest BCUT2D eigenvalue weighted by atomic mass is 10.0. The Balaban J connectivity index is 1.67. The number of carbonyl (C=O) groups is 2. The number of rotatable bonds is 3. The predicted octanol–water partition coefficient (Wildman–Crippen LogP) is 2.11. The summed E-state index contributed by atoms with van der Waals surface area (Å²) in [7, 11) is 0. The van der Waals surface area contributed by atoms with Crippen molar-refractivity contribution in [2.45, 2.75) is 45.1 Å². The van der Waals surface area contributed by atoms with Crippen molar-refractivity contribution in [1.29, 1.82) is 0 Å². The normalized spacial score (nSPS) is 22.5. The highest BCUT2D eigenvalue weighted by molar-refractivity contribution is 6.09. The van der Waals surface area contributed by atoms with Gasteiger partial charge in [0.1, 0.15) is 5.92 Å². The highest BCUT2D eigenvalue weighted by Gasteiger charge is 2.40. The molecule has 1 atom stereocenters. The number of benzene rings is 1. The van der Waals surface area contributed by atoms with E-state index in [1.807, 2.05) is 17.0 Å². The first-order valence-electron chi connectivity index (χ1n) is 8.93. The number of nitrogens with two attached hydrogens (primary N) is 1. The maximum Gasteiger partial charge on any atom is 0.239 e. The molecule has 5 nitrogen and oxygen atoms in total. The van der Waals surface area contributed by atoms with E-state index in [0.717, 1.165) is 18.5 Å². The number of piperidine rings is 1. The number of likely N-dealkylation sites (tertiary alicyclic amines) is 1. The summed E-state index contributed by atoms with van der Waals surface area (Å²) in [6.45, 7) is 6.26. The lowest BCUT2D eigenvalue weighted by Crippen LogP contribution is -2.46. The van der Waals surface area contributed by atoms with Crippen LogP contribution in [0.5, 0.6) is 0 Å². The van der Waals surface area contributed by atoms with Gasteiger partial charge in [-0.2, -0.15) is 0 Å². The molecule has 0 spiro atoms. The third kappa shape index (κ3) is 3.31. The molecular weight excluding hydrogens is 302 g/mol. The smallest absolute Gasteiger partial charge is 0.239 e. The lowest BCUT2D eigenvalue weighted by Gasteiger charge is -2.31. The van der Waals surface area contributed by atoms with Crippen LogP contribution in [0.15, 0.2) is 24.3 Å². The molecule has 1 aromatic carbocycles. The van der Waals surface area contributed by atoms with Crippen molar-refractivity contribution in [2.24, 2.45) is 11.7 Å². The molecule has 2 heterocycles. The van der Waals surface area contributed by atoms with E-state index in [-0.39, 0.29) is 17.9 Å². The van der Waals surface area contributed by atoms with Gasteiger partial charge in [0, 0.05) is 31.4 Å². The highest BCUT2D eigenvalue weighted by Crippen LogP contribution is 2.28. The summed E-state index contributed by atoms with van der Waals surface area (Å²) in [6.07, 6.45) is 2.26. The lowest BCUT2D eigenvalue weighted by molar-refractivity contribution is -0.140. The zero-order chi connectivity index (χ0) is 17.3. The zero-order valence-electron chi connectivity index (χ0n) is 14.6. The van der Waals surface area contributed by atoms with Gasteiger partial charge in [0.2, 0.25) is 11.8 Å². The number of hydrogen-bond donors (Lipinski definition) is 1. The van der Waals surface area contributed by atoms with Gasteiger partial charge < -0.3 is 15.5 Å². The number of amides is 2. The third-order valence-electron chi connectivity index (χ3n) is 5.23. The van der Waals surface area contributed by atoms with E-state index in [1.54, 1.807) is 4.90 Å². The van der Waals surface area contributed by atoms with E-state index in [2.05, 4.69) is 26.0 Å². The molecule has 24 heavy (non-hydrogen) atoms. The molecule has 0 saturated carbocycles. The second-order valence-corrected chi connectivity index (χ2v) is 7.24. The maximum absolute atomic E-state index is 12.7. The van der Waals surface area contributed by atoms with E-state index in [1.165, 1.54) is 5.56 Å². The minimum atomic E-state index is -0.524. The fourth-order valence-electron chi connectivity index (χ4n) is 3.54. The molecule has 2 N–H and O–H groups in total. The molecule has 0 bridgehead atoms. The fraction of sp³-hybridized carbons (Fsp3) is 0.579. The largest absolute Gasteiger partial charge is 0.342 e. The topological polar surface area (TPSA) is 66.6 Å². The van der Waals surface area contributed by atoms with Gasteiger partial charge in [0.05, 0.1) is 0 Å². The first-order valence-corrected chi connectivity index (χ1v) is 8.93. The Kier molecular flexibility index (Phi) is 4.90. The van der Waals surface area contributed by atoms with Gasteiger partial charge in [-0.3, -0.25) is 9.59 Å². The van der Waals surface area contributed by atoms with Crippen molar-refractivity contribution in [3.8, 4) is 0 Å². The van der Waals surface area contributed by atoms with Gasteiger partial charge in [0.25, 0.3) is 0 Å². The Morgan fingerprint density at radius 3 is 2.29 bits per heavy atom. The molecule has 5 heteroatoms. The van der Waals surface area contributed by atoms with E-state index in [9.17, 15) is 9.59 Å². The minimum Gasteiger partial charge on any atom is -0.342 e. The van der Waals surface area contributed by atoms with Crippen LogP contribution in [0.4, 0.5) is 5.69 Å². The molecule has 3 rings (SSSR count). The first kappa shape index (κ1) is 17.0. The Bertz CT molecular complexity index is 604. The Labute approximate surface area is 143 Å². The van der Waals surface area contributed by atoms with Crippen molar-refractivity contribution in [1.82, 2.24) is 4.90 Å². The SMILES string of the molecule is CC(C)c1ccc(N2CCC(C(=O)N3CCC(N)CC3)C2=O)cc1. The van der Waals surface area contributed by atoms with Gasteiger partial charge >= 0.3 is 0 Å². The predicted molar refractivity (Wildman–Crippen MR) is 94.8 cm³/mol. The fourth-order valence-corrected chi connectivity index (χ4v) is 3.54. The van der Waals surface area contributed by atoms with Crippen LogP contribution < -0.4 is 10.6 Å². The van der Waals surface area contributed by atoms with Crippen LogP contribution in [0.1, 0.15) is 44.6 Å². The van der Waals surface area contributed by atoms with Crippen LogP contribution in [-0.4, -0.2) is 42.4 Å². The molecule has 130 valence electrons. The first-order chi connectivity index (χ1) is 11.5. The number of nitrogens with zero attached hydrogens (tertiary/aromatic N) is 2. The van der Waals surface area contributed by atoms with Gasteiger partial charge in [-0.05, 0) is 42.9 Å². The van der Waals surface area contributed by atoms with Gasteiger partial charge in [-0.25, -0.2) is 0 Å². The quantitative estimate of drug-likeness (QED) is 0.864. The summed E-state index contributed by atoms with van der Waals surface area (Å²) < 4.78 is 0. The molecule has 2 fully saturated rings. The summed E-state index contributed by atoms with van der Waals surface area (Å²) in [4.78, 5) is 29.0. The third-order valence-corrected chi connectivity index (χ3v) is 5.23. The van der Waals surface area contributed by atoms with Gasteiger partial charge in [0.15, 0.2) is 0 Å². The van der Waals surface area contributed by atoms with Gasteiger partial charge in [-0.15, -0.1) is 0 Å². The van der Waals surface area contributed by atoms with Crippen molar-refractivity contribution < 1.29 is 9.59 Å². The molecule has 2 saturated heterocycles. The second kappa shape index (κ2) is 6.93. The Morgan fingerprint density at radius 2 is 1.71 bits per heavy atom. The highest BCUT2D eigenvalue weighted by atomic mass is 16.2. The summed E-state index contributed by atoms with van der Waals surface area (Å²) in [5, 5.41) is 0. The van der Waals surface area contributed by atoms with E-state index in [0.29, 0.717) is 32.0 Å². The molecule has 1 aromatic rings. The second-order valence-electron chi connectivity index (χ2n) is 7.24. The van der Waals surface area contributed by atoms with E-state index >= 15 is 0 Å². The molecular formula is C19H27N3O2. The number of carbonyl (C=O) groups excluding carboxylic acids is 2. The van der Waals surface area contributed by atoms with Crippen LogP contribution >= 0.6 is 0 Å². The van der Waals surface area contributed by atoms with Crippen molar-refractivity contribution in [3.63, 3.8) is 0 Å². The molecule has 2 aliphatic rings. The number of anilines is 1. The van der Waals surface area contributed by atoms with Crippen molar-refractivity contribution in [3.05, 3.63) is 29.8 Å². The average molecular weight is 329 g/mol. The van der Waals surface area contributed by atoms with Crippen LogP contribution in [-0.2, 0) is 9.59 Å². The molecule has 2 amide bonds. The summed E-state index contributed by atoms with van der Waals surface area (Å²) in [5.41, 5.74) is 8.04. The van der Waals surface area contributed by atoms with E-state index < -0.39 is 5.92 Å². The van der Waals surface area contributed by atoms with Crippen LogP contribution in [0.2, 0.25) is 0 Å². The summed E-state index contributed by atoms with van der Waals surface area (Å²) >= 11 is 0. The molecule has 0 aromatic heterocycles. The molecule has 0 radical (unpaired) electrons. The minimum absolute atomic E-state index is 0.0202. The molecule has 1 unspecified atom stereocenters. The van der Waals surface area contributed by atoms with Gasteiger partial charge in [-0.1, -0.05) is 26.0 Å². The number of hydrogen-bond acceptors (Lipinski definition) is 3. The Hall–Kier alpha value is -1.88. The zero-order valence-corrected chi connectivity index (χ0v) is 14.6. The molecule has 2 aliphatic heterocycles. The average Bonchev–Trinajstić information content (AvgIpc) is 2.96.